The van der Waals surface area contributed by atoms with Crippen LogP contribution in [0.2, 0.25) is 0 Å². The van der Waals surface area contributed by atoms with Crippen LogP contribution in [-0.4, -0.2) is 32.7 Å². The van der Waals surface area contributed by atoms with Gasteiger partial charge < -0.3 is 5.32 Å². The van der Waals surface area contributed by atoms with Crippen molar-refractivity contribution in [2.75, 3.05) is 11.6 Å². The Morgan fingerprint density at radius 3 is 3.00 bits per heavy atom. The van der Waals surface area contributed by atoms with Crippen LogP contribution in [0.5, 0.6) is 0 Å². The first-order valence-electron chi connectivity index (χ1n) is 5.68. The van der Waals surface area contributed by atoms with E-state index in [1.165, 1.54) is 5.56 Å². The lowest BCUT2D eigenvalue weighted by Gasteiger charge is -2.11. The minimum Gasteiger partial charge on any atom is -0.302 e. The molecule has 0 amide bonds. The number of nitrogens with zero attached hydrogens (tertiary/aromatic N) is 3. The van der Waals surface area contributed by atoms with Gasteiger partial charge in [-0.2, -0.15) is 0 Å². The summed E-state index contributed by atoms with van der Waals surface area (Å²) in [6, 6.07) is 10.8. The van der Waals surface area contributed by atoms with E-state index >= 15 is 0 Å². The molecule has 0 aliphatic carbocycles. The van der Waals surface area contributed by atoms with E-state index in [0.29, 0.717) is 6.04 Å². The second-order valence-electron chi connectivity index (χ2n) is 4.08. The van der Waals surface area contributed by atoms with Crippen LogP contribution in [0.15, 0.2) is 36.5 Å². The Labute approximate surface area is 104 Å². The third-order valence-corrected chi connectivity index (χ3v) is 3.88. The van der Waals surface area contributed by atoms with E-state index in [0.717, 1.165) is 23.9 Å². The molecular weight excluding hydrogens is 232 g/mol. The molecule has 1 aliphatic heterocycles. The Bertz CT molecular complexity index is 476. The van der Waals surface area contributed by atoms with Gasteiger partial charge in [0.15, 0.2) is 0 Å². The van der Waals surface area contributed by atoms with Crippen LogP contribution in [0.3, 0.4) is 0 Å². The molecule has 0 bridgehead atoms. The zero-order chi connectivity index (χ0) is 11.5. The van der Waals surface area contributed by atoms with Crippen molar-refractivity contribution < 1.29 is 0 Å². The SMILES string of the molecule is c1ccc(-c2cnnn2C[C@@H]2CSCN2)cc1. The van der Waals surface area contributed by atoms with Gasteiger partial charge in [0.05, 0.1) is 18.4 Å². The van der Waals surface area contributed by atoms with Crippen LogP contribution in [0.4, 0.5) is 0 Å². The first-order chi connectivity index (χ1) is 8.43. The summed E-state index contributed by atoms with van der Waals surface area (Å²) in [6.45, 7) is 0.886. The highest BCUT2D eigenvalue weighted by atomic mass is 32.2. The van der Waals surface area contributed by atoms with E-state index in [4.69, 9.17) is 0 Å². The highest BCUT2D eigenvalue weighted by Crippen LogP contribution is 2.19. The molecule has 2 aromatic rings. The van der Waals surface area contributed by atoms with Crippen molar-refractivity contribution in [2.24, 2.45) is 0 Å². The molecule has 1 aromatic carbocycles. The minimum atomic E-state index is 0.504. The maximum absolute atomic E-state index is 4.17. The second kappa shape index (κ2) is 4.89. The maximum atomic E-state index is 4.17. The normalized spacial score (nSPS) is 19.6. The molecule has 1 atom stereocenters. The molecule has 2 heterocycles. The average Bonchev–Trinajstić information content (AvgIpc) is 3.02. The van der Waals surface area contributed by atoms with Crippen molar-refractivity contribution in [3.63, 3.8) is 0 Å². The number of benzene rings is 1. The fourth-order valence-electron chi connectivity index (χ4n) is 1.99. The molecule has 4 nitrogen and oxygen atoms in total. The molecule has 1 saturated heterocycles. The molecule has 5 heteroatoms. The van der Waals surface area contributed by atoms with E-state index in [1.807, 2.05) is 40.8 Å². The molecule has 17 heavy (non-hydrogen) atoms. The van der Waals surface area contributed by atoms with Gasteiger partial charge in [0.25, 0.3) is 0 Å². The van der Waals surface area contributed by atoms with Crippen molar-refractivity contribution in [3.8, 4) is 11.3 Å². The Balaban J connectivity index is 1.84. The molecular formula is C12H14N4S. The molecule has 0 unspecified atom stereocenters. The van der Waals surface area contributed by atoms with Crippen LogP contribution in [0.1, 0.15) is 0 Å². The molecule has 88 valence electrons. The van der Waals surface area contributed by atoms with Crippen molar-refractivity contribution >= 4 is 11.8 Å². The average molecular weight is 246 g/mol. The van der Waals surface area contributed by atoms with Crippen LogP contribution >= 0.6 is 11.8 Å². The number of aromatic nitrogens is 3. The summed E-state index contributed by atoms with van der Waals surface area (Å²) in [6.07, 6.45) is 1.83. The quantitative estimate of drug-likeness (QED) is 0.893. The van der Waals surface area contributed by atoms with Crippen LogP contribution < -0.4 is 5.32 Å². The van der Waals surface area contributed by atoms with Crippen molar-refractivity contribution in [1.29, 1.82) is 0 Å². The number of thioether (sulfide) groups is 1. The van der Waals surface area contributed by atoms with Gasteiger partial charge in [-0.3, -0.25) is 0 Å². The van der Waals surface area contributed by atoms with Gasteiger partial charge >= 0.3 is 0 Å². The Hall–Kier alpha value is -1.33. The summed E-state index contributed by atoms with van der Waals surface area (Å²) in [7, 11) is 0. The van der Waals surface area contributed by atoms with Gasteiger partial charge in [-0.25, -0.2) is 4.68 Å². The summed E-state index contributed by atoms with van der Waals surface area (Å²) in [4.78, 5) is 0. The Morgan fingerprint density at radius 1 is 1.35 bits per heavy atom. The highest BCUT2D eigenvalue weighted by Gasteiger charge is 2.17. The standard InChI is InChI=1S/C12H14N4S/c1-2-4-10(5-3-1)12-6-14-15-16(12)7-11-8-17-9-13-11/h1-6,11,13H,7-9H2/t11-/m1/s1. The smallest absolute Gasteiger partial charge is 0.0886 e. The first kappa shape index (κ1) is 10.8. The van der Waals surface area contributed by atoms with E-state index in [9.17, 15) is 0 Å². The fraction of sp³-hybridized carbons (Fsp3) is 0.333. The van der Waals surface area contributed by atoms with Gasteiger partial charge in [0.2, 0.25) is 0 Å². The zero-order valence-electron chi connectivity index (χ0n) is 9.41. The summed E-state index contributed by atoms with van der Waals surface area (Å²) in [5.74, 6) is 2.19. The number of hydrogen-bond donors (Lipinski definition) is 1. The molecule has 3 rings (SSSR count). The predicted octanol–water partition coefficient (Wildman–Crippen LogP) is 1.61. The van der Waals surface area contributed by atoms with Crippen molar-refractivity contribution in [1.82, 2.24) is 20.3 Å². The lowest BCUT2D eigenvalue weighted by atomic mass is 10.1. The number of nitrogens with one attached hydrogen (secondary N) is 1. The maximum Gasteiger partial charge on any atom is 0.0886 e. The molecule has 1 aromatic heterocycles. The monoisotopic (exact) mass is 246 g/mol. The number of rotatable bonds is 3. The topological polar surface area (TPSA) is 42.7 Å². The minimum absolute atomic E-state index is 0.504. The van der Waals surface area contributed by atoms with Crippen molar-refractivity contribution in [2.45, 2.75) is 12.6 Å². The summed E-state index contributed by atoms with van der Waals surface area (Å²) in [5, 5.41) is 11.6. The Morgan fingerprint density at radius 2 is 2.24 bits per heavy atom. The van der Waals surface area contributed by atoms with E-state index in [1.54, 1.807) is 0 Å². The second-order valence-corrected chi connectivity index (χ2v) is 5.11. The molecule has 0 radical (unpaired) electrons. The van der Waals surface area contributed by atoms with E-state index in [-0.39, 0.29) is 0 Å². The lowest BCUT2D eigenvalue weighted by molar-refractivity contribution is 0.487. The summed E-state index contributed by atoms with van der Waals surface area (Å²) >= 11 is 1.93. The first-order valence-corrected chi connectivity index (χ1v) is 6.84. The highest BCUT2D eigenvalue weighted by molar-refractivity contribution is 7.99. The molecule has 1 fully saturated rings. The van der Waals surface area contributed by atoms with Crippen LogP contribution in [0, 0.1) is 0 Å². The predicted molar refractivity (Wildman–Crippen MR) is 69.7 cm³/mol. The summed E-state index contributed by atoms with van der Waals surface area (Å²) < 4.78 is 1.98. The number of hydrogen-bond acceptors (Lipinski definition) is 4. The third kappa shape index (κ3) is 2.35. The zero-order valence-corrected chi connectivity index (χ0v) is 10.2. The molecule has 0 spiro atoms. The van der Waals surface area contributed by atoms with Gasteiger partial charge in [-0.1, -0.05) is 35.5 Å². The van der Waals surface area contributed by atoms with Crippen molar-refractivity contribution in [3.05, 3.63) is 36.5 Å². The summed E-state index contributed by atoms with van der Waals surface area (Å²) in [5.41, 5.74) is 2.26. The fourth-order valence-corrected chi connectivity index (χ4v) is 2.97. The lowest BCUT2D eigenvalue weighted by Crippen LogP contribution is -2.29. The van der Waals surface area contributed by atoms with Crippen LogP contribution in [-0.2, 0) is 6.54 Å². The Kier molecular flexibility index (Phi) is 3.11. The third-order valence-electron chi connectivity index (χ3n) is 2.87. The van der Waals surface area contributed by atoms with E-state index < -0.39 is 0 Å². The van der Waals surface area contributed by atoms with Gasteiger partial charge in [0.1, 0.15) is 0 Å². The van der Waals surface area contributed by atoms with Gasteiger partial charge in [-0.15, -0.1) is 16.9 Å². The van der Waals surface area contributed by atoms with Gasteiger partial charge in [0, 0.05) is 23.2 Å². The largest absolute Gasteiger partial charge is 0.302 e. The van der Waals surface area contributed by atoms with Crippen LogP contribution in [0.25, 0.3) is 11.3 Å². The molecule has 1 aliphatic rings. The molecule has 1 N–H and O–H groups in total. The molecule has 0 saturated carbocycles. The van der Waals surface area contributed by atoms with E-state index in [2.05, 4.69) is 27.8 Å². The van der Waals surface area contributed by atoms with Gasteiger partial charge in [-0.05, 0) is 0 Å².